The lowest BCUT2D eigenvalue weighted by molar-refractivity contribution is -0.148. The highest BCUT2D eigenvalue weighted by atomic mass is 32.2. The van der Waals surface area contributed by atoms with Crippen molar-refractivity contribution >= 4 is 33.7 Å². The predicted octanol–water partition coefficient (Wildman–Crippen LogP) is 0.552. The molecule has 1 N–H and O–H groups in total. The van der Waals surface area contributed by atoms with Crippen molar-refractivity contribution in [2.75, 3.05) is 20.5 Å². The van der Waals surface area contributed by atoms with Gasteiger partial charge < -0.3 is 9.47 Å². The highest BCUT2D eigenvalue weighted by Crippen LogP contribution is 2.23. The molecule has 128 valence electrons. The van der Waals surface area contributed by atoms with E-state index in [1.54, 1.807) is 0 Å². The Morgan fingerprint density at radius 2 is 1.70 bits per heavy atom. The number of nitrogens with one attached hydrogen (secondary N) is 1. The molecule has 1 aromatic rings. The van der Waals surface area contributed by atoms with E-state index in [-0.39, 0.29) is 0 Å². The number of carbonyl (C=O) groups is 2. The molecule has 0 heterocycles. The predicted molar refractivity (Wildman–Crippen MR) is 87.3 cm³/mol. The van der Waals surface area contributed by atoms with Gasteiger partial charge in [-0.2, -0.15) is 4.72 Å². The maximum atomic E-state index is 12.0. The Balaban J connectivity index is 2.99. The van der Waals surface area contributed by atoms with Gasteiger partial charge in [0.1, 0.15) is 11.3 Å². The van der Waals surface area contributed by atoms with Crippen LogP contribution in [0.4, 0.5) is 0 Å². The number of rotatable bonds is 8. The summed E-state index contributed by atoms with van der Waals surface area (Å²) in [6.45, 7) is 0. The van der Waals surface area contributed by atoms with E-state index in [1.807, 2.05) is 30.3 Å². The molecule has 0 amide bonds. The molecule has 0 saturated heterocycles. The Kier molecular flexibility index (Phi) is 7.53. The Morgan fingerprint density at radius 1 is 1.13 bits per heavy atom. The van der Waals surface area contributed by atoms with Gasteiger partial charge in [-0.25, -0.2) is 8.42 Å². The van der Waals surface area contributed by atoms with Crippen LogP contribution >= 0.6 is 11.8 Å². The van der Waals surface area contributed by atoms with Gasteiger partial charge in [0.25, 0.3) is 0 Å². The molecule has 0 aliphatic rings. The second-order valence-corrected chi connectivity index (χ2v) is 7.54. The van der Waals surface area contributed by atoms with Crippen molar-refractivity contribution in [1.29, 1.82) is 0 Å². The van der Waals surface area contributed by atoms with Crippen LogP contribution in [0.5, 0.6) is 0 Å². The lowest BCUT2D eigenvalue weighted by Gasteiger charge is -2.23. The maximum absolute atomic E-state index is 12.0. The average Bonchev–Trinajstić information content (AvgIpc) is 2.52. The lowest BCUT2D eigenvalue weighted by Crippen LogP contribution is -2.50. The highest BCUT2D eigenvalue weighted by molar-refractivity contribution is 8.00. The van der Waals surface area contributed by atoms with Crippen molar-refractivity contribution in [3.05, 3.63) is 35.9 Å². The summed E-state index contributed by atoms with van der Waals surface area (Å²) >= 11 is 1.10. The van der Waals surface area contributed by atoms with Crippen LogP contribution in [-0.4, -0.2) is 52.1 Å². The summed E-state index contributed by atoms with van der Waals surface area (Å²) in [5, 5.41) is -1.07. The van der Waals surface area contributed by atoms with Gasteiger partial charge in [-0.3, -0.25) is 9.59 Å². The van der Waals surface area contributed by atoms with Gasteiger partial charge in [-0.15, -0.1) is 11.8 Å². The zero-order valence-corrected chi connectivity index (χ0v) is 14.6. The zero-order chi connectivity index (χ0) is 17.5. The molecule has 0 fully saturated rings. The molecule has 1 rings (SSSR count). The first-order chi connectivity index (χ1) is 10.8. The Bertz CT molecular complexity index is 632. The third-order valence-corrected chi connectivity index (χ3v) is 4.81. The van der Waals surface area contributed by atoms with Crippen molar-refractivity contribution in [2.45, 2.75) is 17.0 Å². The summed E-state index contributed by atoms with van der Waals surface area (Å²) in [5.41, 5.74) is 0.925. The van der Waals surface area contributed by atoms with Gasteiger partial charge in [-0.05, 0) is 5.56 Å². The fourth-order valence-corrected chi connectivity index (χ4v) is 3.72. The van der Waals surface area contributed by atoms with Crippen molar-refractivity contribution < 1.29 is 27.5 Å². The molecule has 0 bridgehead atoms. The number of benzene rings is 1. The summed E-state index contributed by atoms with van der Waals surface area (Å²) < 4.78 is 34.4. The largest absolute Gasteiger partial charge is 0.468 e. The van der Waals surface area contributed by atoms with Crippen molar-refractivity contribution in [2.24, 2.45) is 0 Å². The second kappa shape index (κ2) is 8.90. The summed E-state index contributed by atoms with van der Waals surface area (Å²) in [6.07, 6.45) is 0.902. The van der Waals surface area contributed by atoms with E-state index in [4.69, 9.17) is 0 Å². The SMILES string of the molecule is COC(=O)[C@@H](SCc1ccccc1)[C@@H](NS(C)(=O)=O)C(=O)OC. The maximum Gasteiger partial charge on any atom is 0.325 e. The normalized spacial score (nSPS) is 13.9. The van der Waals surface area contributed by atoms with E-state index >= 15 is 0 Å². The number of esters is 2. The Morgan fingerprint density at radius 3 is 2.17 bits per heavy atom. The molecule has 9 heteroatoms. The number of hydrogen-bond donors (Lipinski definition) is 1. The van der Waals surface area contributed by atoms with E-state index in [1.165, 1.54) is 7.11 Å². The van der Waals surface area contributed by atoms with Crippen molar-refractivity contribution in [3.8, 4) is 0 Å². The molecule has 0 aromatic heterocycles. The van der Waals surface area contributed by atoms with Crippen LogP contribution < -0.4 is 4.72 Å². The molecule has 0 saturated carbocycles. The van der Waals surface area contributed by atoms with Gasteiger partial charge in [0.05, 0.1) is 20.5 Å². The van der Waals surface area contributed by atoms with Crippen LogP contribution in [0.25, 0.3) is 0 Å². The molecule has 1 aromatic carbocycles. The van der Waals surface area contributed by atoms with E-state index < -0.39 is 33.3 Å². The number of sulfonamides is 1. The molecule has 0 radical (unpaired) electrons. The van der Waals surface area contributed by atoms with Gasteiger partial charge in [0.2, 0.25) is 10.0 Å². The van der Waals surface area contributed by atoms with Gasteiger partial charge in [-0.1, -0.05) is 30.3 Å². The summed E-state index contributed by atoms with van der Waals surface area (Å²) in [6, 6.07) is 7.90. The van der Waals surface area contributed by atoms with Crippen molar-refractivity contribution in [1.82, 2.24) is 4.72 Å². The van der Waals surface area contributed by atoms with E-state index in [0.29, 0.717) is 5.75 Å². The van der Waals surface area contributed by atoms with Crippen LogP contribution in [0.15, 0.2) is 30.3 Å². The quantitative estimate of drug-likeness (QED) is 0.675. The highest BCUT2D eigenvalue weighted by Gasteiger charge is 2.37. The fraction of sp³-hybridized carbons (Fsp3) is 0.429. The summed E-state index contributed by atoms with van der Waals surface area (Å²) in [7, 11) is -1.43. The summed E-state index contributed by atoms with van der Waals surface area (Å²) in [5.74, 6) is -1.16. The van der Waals surface area contributed by atoms with Crippen LogP contribution in [0.2, 0.25) is 0 Å². The number of carbonyl (C=O) groups excluding carboxylic acids is 2. The first kappa shape index (κ1) is 19.5. The lowest BCUT2D eigenvalue weighted by atomic mass is 10.2. The first-order valence-corrected chi connectivity index (χ1v) is 9.51. The second-order valence-electron chi connectivity index (χ2n) is 4.63. The Hall–Kier alpha value is -1.58. The van der Waals surface area contributed by atoms with E-state index in [2.05, 4.69) is 14.2 Å². The molecule has 0 aliphatic heterocycles. The van der Waals surface area contributed by atoms with Gasteiger partial charge in [0, 0.05) is 5.75 Å². The zero-order valence-electron chi connectivity index (χ0n) is 13.0. The van der Waals surface area contributed by atoms with Crippen LogP contribution in [0.1, 0.15) is 5.56 Å². The van der Waals surface area contributed by atoms with Crippen molar-refractivity contribution in [3.63, 3.8) is 0 Å². The monoisotopic (exact) mass is 361 g/mol. The minimum Gasteiger partial charge on any atom is -0.468 e. The van der Waals surface area contributed by atoms with Crippen LogP contribution in [0.3, 0.4) is 0 Å². The van der Waals surface area contributed by atoms with Gasteiger partial charge in [0.15, 0.2) is 0 Å². The molecule has 23 heavy (non-hydrogen) atoms. The minimum absolute atomic E-state index is 0.402. The van der Waals surface area contributed by atoms with Gasteiger partial charge >= 0.3 is 11.9 Å². The number of thioether (sulfide) groups is 1. The standard InChI is InChI=1S/C14H19NO6S2/c1-20-13(16)11(15-23(3,18)19)12(14(17)21-2)22-9-10-7-5-4-6-8-10/h4-8,11-12,15H,9H2,1-3H3/t11-,12+/m1/s1. The number of hydrogen-bond acceptors (Lipinski definition) is 7. The molecule has 7 nitrogen and oxygen atoms in total. The van der Waals surface area contributed by atoms with Crippen LogP contribution in [0, 0.1) is 0 Å². The molecule has 0 spiro atoms. The minimum atomic E-state index is -3.72. The average molecular weight is 361 g/mol. The van der Waals surface area contributed by atoms with E-state index in [0.717, 1.165) is 30.7 Å². The number of ether oxygens (including phenoxy) is 2. The first-order valence-electron chi connectivity index (χ1n) is 6.57. The molecule has 0 unspecified atom stereocenters. The third kappa shape index (κ3) is 6.59. The van der Waals surface area contributed by atoms with Crippen LogP contribution in [-0.2, 0) is 34.8 Å². The molecular formula is C14H19NO6S2. The fourth-order valence-electron chi connectivity index (χ4n) is 1.77. The number of methoxy groups -OCH3 is 2. The van der Waals surface area contributed by atoms with E-state index in [9.17, 15) is 18.0 Å². The molecule has 2 atom stereocenters. The topological polar surface area (TPSA) is 98.8 Å². The molecular weight excluding hydrogens is 342 g/mol. The smallest absolute Gasteiger partial charge is 0.325 e. The molecule has 0 aliphatic carbocycles. The third-order valence-electron chi connectivity index (χ3n) is 2.80. The summed E-state index contributed by atoms with van der Waals surface area (Å²) in [4.78, 5) is 23.9. The Labute approximate surface area is 139 Å².